The maximum absolute atomic E-state index is 6.24. The number of hydrogen-bond acceptors (Lipinski definition) is 3. The van der Waals surface area contributed by atoms with Crippen molar-refractivity contribution in [3.63, 3.8) is 0 Å². The number of piperazine rings is 1. The lowest BCUT2D eigenvalue weighted by atomic mass is 10.2. The summed E-state index contributed by atoms with van der Waals surface area (Å²) >= 11 is 6.24. The summed E-state index contributed by atoms with van der Waals surface area (Å²) in [7, 11) is 0. The van der Waals surface area contributed by atoms with E-state index in [1.54, 1.807) is 0 Å². The molecule has 1 N–H and O–H groups in total. The lowest BCUT2D eigenvalue weighted by Crippen LogP contribution is -2.42. The highest BCUT2D eigenvalue weighted by molar-refractivity contribution is 6.32. The van der Waals surface area contributed by atoms with Crippen LogP contribution in [-0.2, 0) is 6.54 Å². The van der Waals surface area contributed by atoms with Gasteiger partial charge in [-0.2, -0.15) is 0 Å². The van der Waals surface area contributed by atoms with Crippen molar-refractivity contribution in [2.24, 2.45) is 0 Å². The minimum absolute atomic E-state index is 0.154. The van der Waals surface area contributed by atoms with Crippen LogP contribution in [0.5, 0.6) is 5.75 Å². The molecule has 1 aromatic rings. The SMILES string of the molecule is CC(C)Oc1ccc(CN2CCNCC2)cc1Cl. The maximum atomic E-state index is 6.24. The van der Waals surface area contributed by atoms with Gasteiger partial charge in [0.1, 0.15) is 5.75 Å². The van der Waals surface area contributed by atoms with Gasteiger partial charge in [-0.05, 0) is 31.5 Å². The van der Waals surface area contributed by atoms with Gasteiger partial charge in [0, 0.05) is 32.7 Å². The summed E-state index contributed by atoms with van der Waals surface area (Å²) in [6, 6.07) is 6.09. The predicted octanol–water partition coefficient (Wildman–Crippen LogP) is 2.53. The molecule has 4 heteroatoms. The highest BCUT2D eigenvalue weighted by atomic mass is 35.5. The van der Waals surface area contributed by atoms with Gasteiger partial charge in [-0.1, -0.05) is 17.7 Å². The molecular weight excluding hydrogens is 248 g/mol. The Morgan fingerprint density at radius 1 is 1.33 bits per heavy atom. The molecule has 0 aliphatic carbocycles. The normalized spacial score (nSPS) is 17.1. The molecule has 1 aliphatic heterocycles. The van der Waals surface area contributed by atoms with Gasteiger partial charge in [-0.15, -0.1) is 0 Å². The van der Waals surface area contributed by atoms with E-state index >= 15 is 0 Å². The van der Waals surface area contributed by atoms with Crippen LogP contribution in [-0.4, -0.2) is 37.2 Å². The molecule has 0 aromatic heterocycles. The summed E-state index contributed by atoms with van der Waals surface area (Å²) in [5.74, 6) is 0.774. The topological polar surface area (TPSA) is 24.5 Å². The molecular formula is C14H21ClN2O. The van der Waals surface area contributed by atoms with E-state index in [2.05, 4.69) is 16.3 Å². The largest absolute Gasteiger partial charge is 0.489 e. The van der Waals surface area contributed by atoms with Gasteiger partial charge in [0.05, 0.1) is 11.1 Å². The van der Waals surface area contributed by atoms with Crippen molar-refractivity contribution < 1.29 is 4.74 Å². The number of nitrogens with zero attached hydrogens (tertiary/aromatic N) is 1. The van der Waals surface area contributed by atoms with Gasteiger partial charge in [0.15, 0.2) is 0 Å². The van der Waals surface area contributed by atoms with E-state index in [1.807, 2.05) is 26.0 Å². The van der Waals surface area contributed by atoms with Crippen molar-refractivity contribution >= 4 is 11.6 Å². The molecule has 0 saturated carbocycles. The Bertz CT molecular complexity index is 389. The van der Waals surface area contributed by atoms with Crippen LogP contribution in [0.25, 0.3) is 0 Å². The molecule has 1 saturated heterocycles. The first-order valence-electron chi connectivity index (χ1n) is 6.53. The van der Waals surface area contributed by atoms with E-state index < -0.39 is 0 Å². The fraction of sp³-hybridized carbons (Fsp3) is 0.571. The van der Waals surface area contributed by atoms with Crippen molar-refractivity contribution in [3.05, 3.63) is 28.8 Å². The molecule has 0 atom stereocenters. The van der Waals surface area contributed by atoms with Crippen molar-refractivity contribution in [1.82, 2.24) is 10.2 Å². The second-order valence-electron chi connectivity index (χ2n) is 4.96. The minimum Gasteiger partial charge on any atom is -0.489 e. The van der Waals surface area contributed by atoms with Gasteiger partial charge in [-0.25, -0.2) is 0 Å². The molecule has 0 bridgehead atoms. The van der Waals surface area contributed by atoms with Crippen molar-refractivity contribution in [3.8, 4) is 5.75 Å². The summed E-state index contributed by atoms with van der Waals surface area (Å²) < 4.78 is 5.63. The number of benzene rings is 1. The molecule has 0 amide bonds. The molecule has 0 spiro atoms. The number of rotatable bonds is 4. The molecule has 2 rings (SSSR count). The summed E-state index contributed by atoms with van der Waals surface area (Å²) in [5.41, 5.74) is 1.25. The molecule has 0 unspecified atom stereocenters. The molecule has 1 fully saturated rings. The first kappa shape index (κ1) is 13.7. The van der Waals surface area contributed by atoms with Crippen molar-refractivity contribution in [2.75, 3.05) is 26.2 Å². The lowest BCUT2D eigenvalue weighted by Gasteiger charge is -2.27. The zero-order chi connectivity index (χ0) is 13.0. The van der Waals surface area contributed by atoms with E-state index in [-0.39, 0.29) is 6.10 Å². The number of ether oxygens (including phenoxy) is 1. The monoisotopic (exact) mass is 268 g/mol. The third kappa shape index (κ3) is 3.87. The van der Waals surface area contributed by atoms with Gasteiger partial charge >= 0.3 is 0 Å². The Kier molecular flexibility index (Phi) is 4.87. The van der Waals surface area contributed by atoms with E-state index in [4.69, 9.17) is 16.3 Å². The zero-order valence-corrected chi connectivity index (χ0v) is 11.8. The Morgan fingerprint density at radius 3 is 2.67 bits per heavy atom. The highest BCUT2D eigenvalue weighted by Crippen LogP contribution is 2.26. The fourth-order valence-electron chi connectivity index (χ4n) is 2.12. The molecule has 0 radical (unpaired) electrons. The van der Waals surface area contributed by atoms with Crippen LogP contribution >= 0.6 is 11.6 Å². The Hall–Kier alpha value is -0.770. The second-order valence-corrected chi connectivity index (χ2v) is 5.36. The van der Waals surface area contributed by atoms with E-state index in [0.717, 1.165) is 38.5 Å². The average molecular weight is 269 g/mol. The van der Waals surface area contributed by atoms with Gasteiger partial charge in [0.2, 0.25) is 0 Å². The second kappa shape index (κ2) is 6.41. The number of halogens is 1. The summed E-state index contributed by atoms with van der Waals surface area (Å²) in [6.07, 6.45) is 0.154. The molecule has 1 heterocycles. The third-order valence-corrected chi connectivity index (χ3v) is 3.27. The molecule has 1 aromatic carbocycles. The number of nitrogens with one attached hydrogen (secondary N) is 1. The van der Waals surface area contributed by atoms with Crippen LogP contribution in [0.2, 0.25) is 5.02 Å². The van der Waals surface area contributed by atoms with Crippen LogP contribution in [0.3, 0.4) is 0 Å². The molecule has 18 heavy (non-hydrogen) atoms. The van der Waals surface area contributed by atoms with E-state index in [1.165, 1.54) is 5.56 Å². The minimum atomic E-state index is 0.154. The van der Waals surface area contributed by atoms with Crippen LogP contribution in [0.4, 0.5) is 0 Å². The first-order valence-corrected chi connectivity index (χ1v) is 6.91. The summed E-state index contributed by atoms with van der Waals surface area (Å²) in [5, 5.41) is 4.06. The van der Waals surface area contributed by atoms with Gasteiger partial charge < -0.3 is 10.1 Å². The Balaban J connectivity index is 1.99. The maximum Gasteiger partial charge on any atom is 0.138 e. The van der Waals surface area contributed by atoms with Crippen LogP contribution in [0, 0.1) is 0 Å². The molecule has 3 nitrogen and oxygen atoms in total. The van der Waals surface area contributed by atoms with Gasteiger partial charge in [-0.3, -0.25) is 4.90 Å². The first-order chi connectivity index (χ1) is 8.65. The Labute approximate surface area is 114 Å². The smallest absolute Gasteiger partial charge is 0.138 e. The fourth-order valence-corrected chi connectivity index (χ4v) is 2.37. The van der Waals surface area contributed by atoms with Crippen LogP contribution in [0.1, 0.15) is 19.4 Å². The van der Waals surface area contributed by atoms with Crippen LogP contribution in [0.15, 0.2) is 18.2 Å². The predicted molar refractivity (Wildman–Crippen MR) is 75.4 cm³/mol. The molecule has 1 aliphatic rings. The van der Waals surface area contributed by atoms with E-state index in [9.17, 15) is 0 Å². The molecule has 100 valence electrons. The summed E-state index contributed by atoms with van der Waals surface area (Å²) in [4.78, 5) is 2.44. The van der Waals surface area contributed by atoms with Gasteiger partial charge in [0.25, 0.3) is 0 Å². The average Bonchev–Trinajstić information content (AvgIpc) is 2.33. The number of hydrogen-bond donors (Lipinski definition) is 1. The third-order valence-electron chi connectivity index (χ3n) is 2.97. The standard InChI is InChI=1S/C14H21ClN2O/c1-11(2)18-14-4-3-12(9-13(14)15)10-17-7-5-16-6-8-17/h3-4,9,11,16H,5-8,10H2,1-2H3. The van der Waals surface area contributed by atoms with Crippen LogP contribution < -0.4 is 10.1 Å². The van der Waals surface area contributed by atoms with E-state index in [0.29, 0.717) is 5.02 Å². The van der Waals surface area contributed by atoms with Crippen molar-refractivity contribution in [1.29, 1.82) is 0 Å². The quantitative estimate of drug-likeness (QED) is 0.908. The Morgan fingerprint density at radius 2 is 2.06 bits per heavy atom. The highest BCUT2D eigenvalue weighted by Gasteiger charge is 2.11. The lowest BCUT2D eigenvalue weighted by molar-refractivity contribution is 0.232. The van der Waals surface area contributed by atoms with Crippen molar-refractivity contribution in [2.45, 2.75) is 26.5 Å². The summed E-state index contributed by atoms with van der Waals surface area (Å²) in [6.45, 7) is 9.31. The zero-order valence-electron chi connectivity index (χ0n) is 11.1.